The minimum atomic E-state index is -0.384. The smallest absolute Gasteiger partial charge is 0.278 e. The lowest BCUT2D eigenvalue weighted by atomic mass is 10.0. The van der Waals surface area contributed by atoms with E-state index in [0.29, 0.717) is 22.0 Å². The molecule has 2 aromatic carbocycles. The number of amides is 3. The van der Waals surface area contributed by atoms with Crippen LogP contribution in [0.15, 0.2) is 48.2 Å². The number of anilines is 2. The summed E-state index contributed by atoms with van der Waals surface area (Å²) in [6.45, 7) is 6.85. The van der Waals surface area contributed by atoms with Crippen LogP contribution in [0.4, 0.5) is 11.4 Å². The molecule has 3 rings (SSSR count). The molecule has 0 aliphatic carbocycles. The van der Waals surface area contributed by atoms with Gasteiger partial charge >= 0.3 is 0 Å². The molecule has 0 bridgehead atoms. The normalized spacial score (nSPS) is 14.1. The lowest BCUT2D eigenvalue weighted by Crippen LogP contribution is -2.38. The fourth-order valence-corrected chi connectivity index (χ4v) is 3.38. The fourth-order valence-electron chi connectivity index (χ4n) is 3.20. The van der Waals surface area contributed by atoms with Gasteiger partial charge in [0.1, 0.15) is 5.70 Å². The standard InChI is InChI=1S/C22H22ClN3O3/c1-12(2)26-21(28)19(15-8-10-16(11-9-15)24-14(4)27)20(22(26)29)25-18-7-5-6-17(23)13(18)3/h5-12,25H,1-4H3,(H,24,27). The van der Waals surface area contributed by atoms with Crippen LogP contribution in [-0.4, -0.2) is 28.7 Å². The monoisotopic (exact) mass is 411 g/mol. The molecule has 1 aliphatic rings. The Balaban J connectivity index is 2.08. The summed E-state index contributed by atoms with van der Waals surface area (Å²) in [6.07, 6.45) is 0. The van der Waals surface area contributed by atoms with Gasteiger partial charge in [0.05, 0.1) is 5.57 Å². The molecule has 150 valence electrons. The van der Waals surface area contributed by atoms with E-state index in [1.165, 1.54) is 11.8 Å². The van der Waals surface area contributed by atoms with Crippen LogP contribution in [-0.2, 0) is 14.4 Å². The first-order chi connectivity index (χ1) is 13.7. The van der Waals surface area contributed by atoms with Gasteiger partial charge in [-0.25, -0.2) is 0 Å². The molecule has 0 fully saturated rings. The molecule has 0 radical (unpaired) electrons. The highest BCUT2D eigenvalue weighted by molar-refractivity contribution is 6.37. The summed E-state index contributed by atoms with van der Waals surface area (Å²) >= 11 is 6.20. The number of hydrogen-bond acceptors (Lipinski definition) is 4. The number of carbonyl (C=O) groups excluding carboxylic acids is 3. The average Bonchev–Trinajstić information content (AvgIpc) is 2.89. The summed E-state index contributed by atoms with van der Waals surface area (Å²) in [4.78, 5) is 38.6. The van der Waals surface area contributed by atoms with E-state index in [-0.39, 0.29) is 35.0 Å². The van der Waals surface area contributed by atoms with Crippen molar-refractivity contribution in [2.24, 2.45) is 0 Å². The molecule has 6 nitrogen and oxygen atoms in total. The zero-order chi connectivity index (χ0) is 21.3. The lowest BCUT2D eigenvalue weighted by Gasteiger charge is -2.19. The molecule has 0 saturated heterocycles. The van der Waals surface area contributed by atoms with Crippen LogP contribution in [0.2, 0.25) is 5.02 Å². The van der Waals surface area contributed by atoms with Crippen molar-refractivity contribution < 1.29 is 14.4 Å². The second kappa shape index (κ2) is 8.09. The zero-order valence-electron chi connectivity index (χ0n) is 16.7. The lowest BCUT2D eigenvalue weighted by molar-refractivity contribution is -0.138. The van der Waals surface area contributed by atoms with Gasteiger partial charge in [-0.3, -0.25) is 19.3 Å². The average molecular weight is 412 g/mol. The third-order valence-electron chi connectivity index (χ3n) is 4.65. The first-order valence-corrected chi connectivity index (χ1v) is 9.60. The molecule has 29 heavy (non-hydrogen) atoms. The molecular weight excluding hydrogens is 390 g/mol. The number of carbonyl (C=O) groups is 3. The van der Waals surface area contributed by atoms with Gasteiger partial charge in [-0.05, 0) is 56.2 Å². The molecule has 1 aliphatic heterocycles. The summed E-state index contributed by atoms with van der Waals surface area (Å²) in [6, 6.07) is 11.9. The third-order valence-corrected chi connectivity index (χ3v) is 5.06. The third kappa shape index (κ3) is 4.03. The highest BCUT2D eigenvalue weighted by Crippen LogP contribution is 2.33. The molecular formula is C22H22ClN3O3. The maximum atomic E-state index is 13.1. The van der Waals surface area contributed by atoms with Crippen molar-refractivity contribution in [3.05, 3.63) is 64.3 Å². The SMILES string of the molecule is CC(=O)Nc1ccc(C2=C(Nc3cccc(Cl)c3C)C(=O)N(C(C)C)C2=O)cc1. The van der Waals surface area contributed by atoms with E-state index in [4.69, 9.17) is 11.6 Å². The topological polar surface area (TPSA) is 78.5 Å². The van der Waals surface area contributed by atoms with Crippen molar-refractivity contribution in [3.8, 4) is 0 Å². The highest BCUT2D eigenvalue weighted by Gasteiger charge is 2.40. The van der Waals surface area contributed by atoms with Crippen molar-refractivity contribution in [2.45, 2.75) is 33.7 Å². The molecule has 3 amide bonds. The van der Waals surface area contributed by atoms with E-state index in [2.05, 4.69) is 10.6 Å². The molecule has 0 unspecified atom stereocenters. The number of nitrogens with zero attached hydrogens (tertiary/aromatic N) is 1. The van der Waals surface area contributed by atoms with Crippen LogP contribution in [0.25, 0.3) is 5.57 Å². The number of benzene rings is 2. The minimum absolute atomic E-state index is 0.186. The van der Waals surface area contributed by atoms with Crippen LogP contribution < -0.4 is 10.6 Å². The number of imide groups is 1. The van der Waals surface area contributed by atoms with Gasteiger partial charge in [0.2, 0.25) is 5.91 Å². The van der Waals surface area contributed by atoms with Crippen molar-refractivity contribution in [1.29, 1.82) is 0 Å². The van der Waals surface area contributed by atoms with Gasteiger partial charge in [0.25, 0.3) is 11.8 Å². The largest absolute Gasteiger partial charge is 0.350 e. The summed E-state index contributed by atoms with van der Waals surface area (Å²) in [5.74, 6) is -0.932. The van der Waals surface area contributed by atoms with E-state index in [9.17, 15) is 14.4 Å². The van der Waals surface area contributed by atoms with Crippen molar-refractivity contribution in [2.75, 3.05) is 10.6 Å². The van der Waals surface area contributed by atoms with Gasteiger partial charge in [-0.2, -0.15) is 0 Å². The van der Waals surface area contributed by atoms with Gasteiger partial charge in [0, 0.05) is 29.4 Å². The molecule has 0 atom stereocenters. The van der Waals surface area contributed by atoms with Gasteiger partial charge in [-0.15, -0.1) is 0 Å². The number of hydrogen-bond donors (Lipinski definition) is 2. The van der Waals surface area contributed by atoms with Crippen LogP contribution in [0.1, 0.15) is 31.9 Å². The summed E-state index contributed by atoms with van der Waals surface area (Å²) in [5, 5.41) is 6.37. The van der Waals surface area contributed by atoms with Crippen LogP contribution in [0, 0.1) is 6.92 Å². The maximum absolute atomic E-state index is 13.1. The number of nitrogens with one attached hydrogen (secondary N) is 2. The first-order valence-electron chi connectivity index (χ1n) is 9.23. The van der Waals surface area contributed by atoms with E-state index in [0.717, 1.165) is 5.56 Å². The number of rotatable bonds is 5. The summed E-state index contributed by atoms with van der Waals surface area (Å²) < 4.78 is 0. The Kier molecular flexibility index (Phi) is 5.75. The highest BCUT2D eigenvalue weighted by atomic mass is 35.5. The van der Waals surface area contributed by atoms with Crippen molar-refractivity contribution >= 4 is 46.3 Å². The quantitative estimate of drug-likeness (QED) is 0.722. The van der Waals surface area contributed by atoms with Crippen LogP contribution >= 0.6 is 11.6 Å². The Morgan fingerprint density at radius 3 is 2.28 bits per heavy atom. The molecule has 1 heterocycles. The Bertz CT molecular complexity index is 1030. The van der Waals surface area contributed by atoms with Gasteiger partial charge in [0.15, 0.2) is 0 Å². The van der Waals surface area contributed by atoms with Crippen molar-refractivity contribution in [3.63, 3.8) is 0 Å². The molecule has 0 spiro atoms. The van der Waals surface area contributed by atoms with E-state index < -0.39 is 0 Å². The predicted octanol–water partition coefficient (Wildman–Crippen LogP) is 4.21. The maximum Gasteiger partial charge on any atom is 0.278 e. The van der Waals surface area contributed by atoms with E-state index in [1.54, 1.807) is 50.2 Å². The second-order valence-electron chi connectivity index (χ2n) is 7.12. The van der Waals surface area contributed by atoms with Gasteiger partial charge < -0.3 is 10.6 Å². The molecule has 0 saturated carbocycles. The Hall–Kier alpha value is -3.12. The molecule has 2 N–H and O–H groups in total. The number of halogens is 1. The molecule has 0 aromatic heterocycles. The predicted molar refractivity (Wildman–Crippen MR) is 114 cm³/mol. The van der Waals surface area contributed by atoms with Crippen LogP contribution in [0.3, 0.4) is 0 Å². The Labute approximate surface area is 174 Å². The molecule has 2 aromatic rings. The summed E-state index contributed by atoms with van der Waals surface area (Å²) in [7, 11) is 0. The Morgan fingerprint density at radius 2 is 1.69 bits per heavy atom. The van der Waals surface area contributed by atoms with E-state index in [1.807, 2.05) is 13.0 Å². The molecule has 7 heteroatoms. The summed E-state index contributed by atoms with van der Waals surface area (Å²) in [5.41, 5.74) is 3.14. The fraction of sp³-hybridized carbons (Fsp3) is 0.227. The second-order valence-corrected chi connectivity index (χ2v) is 7.53. The zero-order valence-corrected chi connectivity index (χ0v) is 17.4. The van der Waals surface area contributed by atoms with Crippen LogP contribution in [0.5, 0.6) is 0 Å². The minimum Gasteiger partial charge on any atom is -0.350 e. The van der Waals surface area contributed by atoms with Crippen molar-refractivity contribution in [1.82, 2.24) is 4.90 Å². The van der Waals surface area contributed by atoms with E-state index >= 15 is 0 Å². The van der Waals surface area contributed by atoms with Gasteiger partial charge in [-0.1, -0.05) is 29.8 Å². The first kappa shape index (κ1) is 20.6. The Morgan fingerprint density at radius 1 is 1.03 bits per heavy atom.